The standard InChI is InChI=1S/C12H14N2O4S/c15-4-1-5-19-11-6-8-2-3-12(16)13-9(8)7-10(11)14(17)18/h6-7,15H,1-5H2,(H,13,16). The summed E-state index contributed by atoms with van der Waals surface area (Å²) < 4.78 is 0. The van der Waals surface area contributed by atoms with Gasteiger partial charge in [-0.05, 0) is 24.5 Å². The number of amides is 1. The maximum absolute atomic E-state index is 11.3. The van der Waals surface area contributed by atoms with Gasteiger partial charge < -0.3 is 10.4 Å². The number of aryl methyl sites for hydroxylation is 1. The number of hydrogen-bond acceptors (Lipinski definition) is 5. The van der Waals surface area contributed by atoms with Crippen LogP contribution in [-0.4, -0.2) is 28.3 Å². The number of nitrogens with one attached hydrogen (secondary N) is 1. The summed E-state index contributed by atoms with van der Waals surface area (Å²) in [4.78, 5) is 22.5. The Morgan fingerprint density at radius 2 is 2.21 bits per heavy atom. The highest BCUT2D eigenvalue weighted by Gasteiger charge is 2.22. The summed E-state index contributed by atoms with van der Waals surface area (Å²) in [5.41, 5.74) is 1.47. The van der Waals surface area contributed by atoms with Crippen molar-refractivity contribution in [2.75, 3.05) is 17.7 Å². The summed E-state index contributed by atoms with van der Waals surface area (Å²) in [6.45, 7) is 0.0712. The van der Waals surface area contributed by atoms with E-state index >= 15 is 0 Å². The predicted octanol–water partition coefficient (Wildman–Crippen LogP) is 1.95. The van der Waals surface area contributed by atoms with E-state index < -0.39 is 4.92 Å². The van der Waals surface area contributed by atoms with Crippen LogP contribution >= 0.6 is 11.8 Å². The molecular formula is C12H14N2O4S. The third-order valence-electron chi connectivity index (χ3n) is 2.84. The van der Waals surface area contributed by atoms with E-state index in [9.17, 15) is 14.9 Å². The zero-order chi connectivity index (χ0) is 13.8. The Balaban J connectivity index is 2.30. The number of nitro groups is 1. The molecule has 0 bridgehead atoms. The van der Waals surface area contributed by atoms with Gasteiger partial charge in [-0.25, -0.2) is 0 Å². The van der Waals surface area contributed by atoms with Gasteiger partial charge in [0.25, 0.3) is 5.69 Å². The van der Waals surface area contributed by atoms with Gasteiger partial charge in [0, 0.05) is 24.8 Å². The van der Waals surface area contributed by atoms with Crippen molar-refractivity contribution in [1.29, 1.82) is 0 Å². The molecule has 0 radical (unpaired) electrons. The number of carbonyl (C=O) groups excluding carboxylic acids is 1. The molecule has 6 nitrogen and oxygen atoms in total. The summed E-state index contributed by atoms with van der Waals surface area (Å²) in [7, 11) is 0. The normalized spacial score (nSPS) is 13.8. The second-order valence-corrected chi connectivity index (χ2v) is 5.34. The van der Waals surface area contributed by atoms with Crippen LogP contribution in [0.5, 0.6) is 0 Å². The smallest absolute Gasteiger partial charge is 0.284 e. The zero-order valence-electron chi connectivity index (χ0n) is 10.2. The topological polar surface area (TPSA) is 92.5 Å². The largest absolute Gasteiger partial charge is 0.396 e. The van der Waals surface area contributed by atoms with Crippen LogP contribution in [-0.2, 0) is 11.2 Å². The number of carbonyl (C=O) groups is 1. The van der Waals surface area contributed by atoms with Crippen LogP contribution in [0.1, 0.15) is 18.4 Å². The molecule has 0 unspecified atom stereocenters. The van der Waals surface area contributed by atoms with E-state index in [1.54, 1.807) is 6.07 Å². The molecule has 0 saturated heterocycles. The molecule has 102 valence electrons. The molecular weight excluding hydrogens is 268 g/mol. The van der Waals surface area contributed by atoms with Crippen LogP contribution in [0.2, 0.25) is 0 Å². The second-order valence-electron chi connectivity index (χ2n) is 4.21. The van der Waals surface area contributed by atoms with Gasteiger partial charge in [-0.3, -0.25) is 14.9 Å². The Kier molecular flexibility index (Phi) is 4.39. The average Bonchev–Trinajstić information content (AvgIpc) is 2.38. The number of nitro benzene ring substituents is 1. The first-order valence-electron chi connectivity index (χ1n) is 5.96. The first kappa shape index (κ1) is 13.8. The molecule has 19 heavy (non-hydrogen) atoms. The van der Waals surface area contributed by atoms with Crippen LogP contribution in [0.15, 0.2) is 17.0 Å². The second kappa shape index (κ2) is 6.03. The van der Waals surface area contributed by atoms with Crippen LogP contribution < -0.4 is 5.32 Å². The fourth-order valence-corrected chi connectivity index (χ4v) is 2.90. The van der Waals surface area contributed by atoms with E-state index in [4.69, 9.17) is 5.11 Å². The SMILES string of the molecule is O=C1CCc2cc(SCCCO)c([N+](=O)[O-])cc2N1. The monoisotopic (exact) mass is 282 g/mol. The number of hydrogen-bond donors (Lipinski definition) is 2. The summed E-state index contributed by atoms with van der Waals surface area (Å²) in [5.74, 6) is 0.519. The third-order valence-corrected chi connectivity index (χ3v) is 3.97. The van der Waals surface area contributed by atoms with E-state index in [1.165, 1.54) is 17.8 Å². The molecule has 0 spiro atoms. The maximum Gasteiger partial charge on any atom is 0.284 e. The Morgan fingerprint density at radius 3 is 2.89 bits per heavy atom. The minimum atomic E-state index is -0.442. The molecule has 0 fully saturated rings. The lowest BCUT2D eigenvalue weighted by molar-refractivity contribution is -0.387. The van der Waals surface area contributed by atoms with E-state index in [0.29, 0.717) is 35.6 Å². The van der Waals surface area contributed by atoms with Crippen molar-refractivity contribution in [1.82, 2.24) is 0 Å². The van der Waals surface area contributed by atoms with Gasteiger partial charge in [-0.1, -0.05) is 0 Å². The van der Waals surface area contributed by atoms with E-state index in [0.717, 1.165) is 5.56 Å². The molecule has 1 aromatic carbocycles. The molecule has 1 amide bonds. The first-order valence-corrected chi connectivity index (χ1v) is 6.95. The lowest BCUT2D eigenvalue weighted by Crippen LogP contribution is -2.19. The molecule has 1 aromatic rings. The molecule has 1 aliphatic heterocycles. The van der Waals surface area contributed by atoms with E-state index in [2.05, 4.69) is 5.32 Å². The molecule has 2 N–H and O–H groups in total. The summed E-state index contributed by atoms with van der Waals surface area (Å²) in [6, 6.07) is 3.20. The number of rotatable bonds is 5. The summed E-state index contributed by atoms with van der Waals surface area (Å²) in [5, 5.41) is 22.5. The molecule has 0 aromatic heterocycles. The Bertz CT molecular complexity index is 519. The fourth-order valence-electron chi connectivity index (χ4n) is 1.90. The van der Waals surface area contributed by atoms with Crippen molar-refractivity contribution in [2.45, 2.75) is 24.2 Å². The quantitative estimate of drug-likeness (QED) is 0.373. The minimum absolute atomic E-state index is 0.00360. The molecule has 1 heterocycles. The number of fused-ring (bicyclic) bond motifs is 1. The number of aliphatic hydroxyl groups is 1. The van der Waals surface area contributed by atoms with Crippen molar-refractivity contribution < 1.29 is 14.8 Å². The highest BCUT2D eigenvalue weighted by atomic mass is 32.2. The van der Waals surface area contributed by atoms with Gasteiger partial charge in [0.1, 0.15) is 0 Å². The van der Waals surface area contributed by atoms with Crippen LogP contribution in [0.25, 0.3) is 0 Å². The molecule has 0 atom stereocenters. The number of benzene rings is 1. The van der Waals surface area contributed by atoms with Gasteiger partial charge in [0.05, 0.1) is 15.5 Å². The number of aliphatic hydroxyl groups excluding tert-OH is 1. The molecule has 0 saturated carbocycles. The summed E-state index contributed by atoms with van der Waals surface area (Å²) in [6.07, 6.45) is 1.61. The molecule has 0 aliphatic carbocycles. The van der Waals surface area contributed by atoms with E-state index in [-0.39, 0.29) is 18.2 Å². The highest BCUT2D eigenvalue weighted by molar-refractivity contribution is 7.99. The Hall–Kier alpha value is -1.60. The molecule has 2 rings (SSSR count). The Labute approximate surface area is 114 Å². The van der Waals surface area contributed by atoms with Crippen molar-refractivity contribution >= 4 is 29.0 Å². The van der Waals surface area contributed by atoms with Gasteiger partial charge in [-0.15, -0.1) is 11.8 Å². The van der Waals surface area contributed by atoms with Gasteiger partial charge in [0.2, 0.25) is 5.91 Å². The van der Waals surface area contributed by atoms with Gasteiger partial charge in [-0.2, -0.15) is 0 Å². The van der Waals surface area contributed by atoms with Gasteiger partial charge >= 0.3 is 0 Å². The van der Waals surface area contributed by atoms with Gasteiger partial charge in [0.15, 0.2) is 0 Å². The maximum atomic E-state index is 11.3. The fraction of sp³-hybridized carbons (Fsp3) is 0.417. The van der Waals surface area contributed by atoms with Crippen molar-refractivity contribution in [3.05, 3.63) is 27.8 Å². The molecule has 1 aliphatic rings. The van der Waals surface area contributed by atoms with Crippen molar-refractivity contribution in [2.24, 2.45) is 0 Å². The number of thioether (sulfide) groups is 1. The first-order chi connectivity index (χ1) is 9.11. The number of nitrogens with zero attached hydrogens (tertiary/aromatic N) is 1. The third kappa shape index (κ3) is 3.24. The van der Waals surface area contributed by atoms with Crippen LogP contribution in [0, 0.1) is 10.1 Å². The Morgan fingerprint density at radius 1 is 1.42 bits per heavy atom. The van der Waals surface area contributed by atoms with Crippen molar-refractivity contribution in [3.63, 3.8) is 0 Å². The summed E-state index contributed by atoms with van der Waals surface area (Å²) >= 11 is 1.36. The molecule has 7 heteroatoms. The zero-order valence-corrected chi connectivity index (χ0v) is 11.0. The highest BCUT2D eigenvalue weighted by Crippen LogP contribution is 2.36. The average molecular weight is 282 g/mol. The minimum Gasteiger partial charge on any atom is -0.396 e. The predicted molar refractivity (Wildman–Crippen MR) is 72.5 cm³/mol. The van der Waals surface area contributed by atoms with Crippen molar-refractivity contribution in [3.8, 4) is 0 Å². The number of anilines is 1. The van der Waals surface area contributed by atoms with E-state index in [1.807, 2.05) is 0 Å². The lowest BCUT2D eigenvalue weighted by atomic mass is 10.0. The van der Waals surface area contributed by atoms with Crippen LogP contribution in [0.4, 0.5) is 11.4 Å². The lowest BCUT2D eigenvalue weighted by Gasteiger charge is -2.17. The van der Waals surface area contributed by atoms with Crippen LogP contribution in [0.3, 0.4) is 0 Å².